The van der Waals surface area contributed by atoms with Gasteiger partial charge in [-0.3, -0.25) is 14.9 Å². The van der Waals surface area contributed by atoms with Crippen LogP contribution in [-0.4, -0.2) is 30.5 Å². The molecule has 1 N–H and O–H groups in total. The zero-order chi connectivity index (χ0) is 19.2. The molecule has 6 nitrogen and oxygen atoms in total. The summed E-state index contributed by atoms with van der Waals surface area (Å²) in [7, 11) is 0. The van der Waals surface area contributed by atoms with E-state index >= 15 is 0 Å². The summed E-state index contributed by atoms with van der Waals surface area (Å²) in [6, 6.07) is 14.5. The number of anilines is 1. The number of nitro benzene ring substituents is 1. The highest BCUT2D eigenvalue weighted by molar-refractivity contribution is 5.83. The van der Waals surface area contributed by atoms with E-state index in [0.29, 0.717) is 6.54 Å². The van der Waals surface area contributed by atoms with Crippen molar-refractivity contribution in [2.24, 2.45) is 0 Å². The molecular weight excluding hydrogens is 342 g/mol. The topological polar surface area (TPSA) is 75.5 Å². The highest BCUT2D eigenvalue weighted by atomic mass is 16.6. The lowest BCUT2D eigenvalue weighted by Crippen LogP contribution is -2.30. The van der Waals surface area contributed by atoms with Crippen LogP contribution in [0.25, 0.3) is 0 Å². The van der Waals surface area contributed by atoms with E-state index in [2.05, 4.69) is 28.4 Å². The highest BCUT2D eigenvalue weighted by Gasteiger charge is 2.18. The van der Waals surface area contributed by atoms with Crippen LogP contribution in [0, 0.1) is 10.1 Å². The first-order chi connectivity index (χ1) is 13.1. The molecule has 1 saturated heterocycles. The monoisotopic (exact) mass is 367 g/mol. The van der Waals surface area contributed by atoms with Crippen LogP contribution in [0.1, 0.15) is 36.8 Å². The lowest BCUT2D eigenvalue weighted by Gasteiger charge is -2.21. The summed E-state index contributed by atoms with van der Waals surface area (Å²) in [6.45, 7) is 4.58. The van der Waals surface area contributed by atoms with E-state index in [9.17, 15) is 14.9 Å². The molecular formula is C21H25N3O3. The van der Waals surface area contributed by atoms with Crippen LogP contribution >= 0.6 is 0 Å². The summed E-state index contributed by atoms with van der Waals surface area (Å²) < 4.78 is 0. The average molecular weight is 367 g/mol. The molecule has 1 heterocycles. The predicted octanol–water partition coefficient (Wildman–Crippen LogP) is 3.66. The molecule has 0 spiro atoms. The van der Waals surface area contributed by atoms with Crippen molar-refractivity contribution in [3.8, 4) is 0 Å². The molecule has 3 rings (SSSR count). The third-order valence-electron chi connectivity index (χ3n) is 5.13. The van der Waals surface area contributed by atoms with Gasteiger partial charge < -0.3 is 10.2 Å². The summed E-state index contributed by atoms with van der Waals surface area (Å²) in [4.78, 5) is 25.2. The Labute approximate surface area is 159 Å². The summed E-state index contributed by atoms with van der Waals surface area (Å²) in [5.41, 5.74) is 3.33. The largest absolute Gasteiger partial charge is 0.371 e. The van der Waals surface area contributed by atoms with Gasteiger partial charge in [0, 0.05) is 37.5 Å². The molecule has 0 aromatic heterocycles. The Hall–Kier alpha value is -2.89. The molecule has 2 aromatic rings. The molecule has 1 unspecified atom stereocenters. The van der Waals surface area contributed by atoms with Crippen LogP contribution in [0.2, 0.25) is 0 Å². The van der Waals surface area contributed by atoms with Crippen molar-refractivity contribution in [2.45, 2.75) is 32.1 Å². The quantitative estimate of drug-likeness (QED) is 0.599. The second-order valence-electron chi connectivity index (χ2n) is 6.93. The number of carbonyl (C=O) groups excluding carboxylic acids is 1. The number of nitro groups is 1. The van der Waals surface area contributed by atoms with E-state index in [4.69, 9.17) is 0 Å². The van der Waals surface area contributed by atoms with E-state index in [1.807, 2.05) is 13.0 Å². The first kappa shape index (κ1) is 18.9. The highest BCUT2D eigenvalue weighted by Crippen LogP contribution is 2.25. The Morgan fingerprint density at radius 1 is 1.15 bits per heavy atom. The van der Waals surface area contributed by atoms with Crippen molar-refractivity contribution >= 4 is 17.3 Å². The van der Waals surface area contributed by atoms with Gasteiger partial charge in [0.15, 0.2) is 0 Å². The number of hydrogen-bond donors (Lipinski definition) is 1. The Balaban J connectivity index is 1.56. The van der Waals surface area contributed by atoms with Crippen LogP contribution in [-0.2, 0) is 11.2 Å². The molecule has 1 atom stereocenters. The van der Waals surface area contributed by atoms with Gasteiger partial charge in [-0.1, -0.05) is 30.3 Å². The molecule has 0 aliphatic carbocycles. The fourth-order valence-corrected chi connectivity index (χ4v) is 3.50. The van der Waals surface area contributed by atoms with E-state index in [1.165, 1.54) is 36.2 Å². The van der Waals surface area contributed by atoms with Crippen LogP contribution < -0.4 is 10.2 Å². The van der Waals surface area contributed by atoms with Gasteiger partial charge >= 0.3 is 0 Å². The van der Waals surface area contributed by atoms with Crippen molar-refractivity contribution in [3.63, 3.8) is 0 Å². The van der Waals surface area contributed by atoms with E-state index in [-0.39, 0.29) is 17.5 Å². The van der Waals surface area contributed by atoms with Crippen molar-refractivity contribution in [3.05, 3.63) is 69.8 Å². The second kappa shape index (κ2) is 8.66. The first-order valence-corrected chi connectivity index (χ1v) is 9.41. The number of nitrogens with zero attached hydrogens (tertiary/aromatic N) is 2. The second-order valence-corrected chi connectivity index (χ2v) is 6.93. The van der Waals surface area contributed by atoms with Gasteiger partial charge in [0.2, 0.25) is 5.91 Å². The lowest BCUT2D eigenvalue weighted by atomic mass is 10.00. The van der Waals surface area contributed by atoms with Crippen molar-refractivity contribution in [2.75, 3.05) is 24.5 Å². The van der Waals surface area contributed by atoms with Crippen LogP contribution in [0.3, 0.4) is 0 Å². The zero-order valence-electron chi connectivity index (χ0n) is 15.6. The SMILES string of the molecule is CC(C(=O)NCCc1ccccc1N1CCCC1)c1ccc([N+](=O)[O-])cc1. The summed E-state index contributed by atoms with van der Waals surface area (Å²) in [5, 5.41) is 13.7. The summed E-state index contributed by atoms with van der Waals surface area (Å²) in [6.07, 6.45) is 3.25. The molecule has 0 bridgehead atoms. The van der Waals surface area contributed by atoms with Gasteiger partial charge in [-0.15, -0.1) is 0 Å². The van der Waals surface area contributed by atoms with E-state index < -0.39 is 4.92 Å². The van der Waals surface area contributed by atoms with Gasteiger partial charge in [0.05, 0.1) is 10.8 Å². The standard InChI is InChI=1S/C21H25N3O3/c1-16(17-8-10-19(11-9-17)24(26)27)21(25)22-13-12-18-6-2-3-7-20(18)23-14-4-5-15-23/h2-3,6-11,16H,4-5,12-15H2,1H3,(H,22,25). The molecule has 6 heteroatoms. The van der Waals surface area contributed by atoms with Crippen molar-refractivity contribution in [1.82, 2.24) is 5.32 Å². The fourth-order valence-electron chi connectivity index (χ4n) is 3.50. The minimum absolute atomic E-state index is 0.0323. The first-order valence-electron chi connectivity index (χ1n) is 9.41. The smallest absolute Gasteiger partial charge is 0.269 e. The Morgan fingerprint density at radius 3 is 2.48 bits per heavy atom. The number of amides is 1. The minimum Gasteiger partial charge on any atom is -0.371 e. The number of rotatable bonds is 7. The van der Waals surface area contributed by atoms with Crippen LogP contribution in [0.15, 0.2) is 48.5 Å². The van der Waals surface area contributed by atoms with E-state index in [0.717, 1.165) is 25.1 Å². The molecule has 1 fully saturated rings. The Kier molecular flexibility index (Phi) is 6.06. The van der Waals surface area contributed by atoms with Crippen LogP contribution in [0.4, 0.5) is 11.4 Å². The molecule has 1 aliphatic rings. The number of carbonyl (C=O) groups is 1. The van der Waals surface area contributed by atoms with Crippen molar-refractivity contribution in [1.29, 1.82) is 0 Å². The zero-order valence-corrected chi connectivity index (χ0v) is 15.6. The van der Waals surface area contributed by atoms with Gasteiger partial charge in [0.1, 0.15) is 0 Å². The third-order valence-corrected chi connectivity index (χ3v) is 5.13. The molecule has 2 aromatic carbocycles. The van der Waals surface area contributed by atoms with Crippen LogP contribution in [0.5, 0.6) is 0 Å². The summed E-state index contributed by atoms with van der Waals surface area (Å²) >= 11 is 0. The van der Waals surface area contributed by atoms with Crippen molar-refractivity contribution < 1.29 is 9.72 Å². The van der Waals surface area contributed by atoms with Gasteiger partial charge in [-0.2, -0.15) is 0 Å². The maximum Gasteiger partial charge on any atom is 0.269 e. The van der Waals surface area contributed by atoms with Gasteiger partial charge in [-0.25, -0.2) is 0 Å². The number of nitrogens with one attached hydrogen (secondary N) is 1. The normalized spacial score (nSPS) is 14.8. The number of para-hydroxylation sites is 1. The summed E-state index contributed by atoms with van der Waals surface area (Å²) in [5.74, 6) is -0.415. The molecule has 1 aliphatic heterocycles. The predicted molar refractivity (Wildman–Crippen MR) is 106 cm³/mol. The number of non-ortho nitro benzene ring substituents is 1. The molecule has 142 valence electrons. The minimum atomic E-state index is -0.438. The third kappa shape index (κ3) is 4.64. The molecule has 27 heavy (non-hydrogen) atoms. The average Bonchev–Trinajstić information content (AvgIpc) is 3.22. The number of benzene rings is 2. The lowest BCUT2D eigenvalue weighted by molar-refractivity contribution is -0.384. The molecule has 1 amide bonds. The molecule has 0 saturated carbocycles. The molecule has 0 radical (unpaired) electrons. The maximum absolute atomic E-state index is 12.4. The Morgan fingerprint density at radius 2 is 1.81 bits per heavy atom. The Bertz CT molecular complexity index is 799. The number of hydrogen-bond acceptors (Lipinski definition) is 4. The maximum atomic E-state index is 12.4. The van der Waals surface area contributed by atoms with Gasteiger partial charge in [0.25, 0.3) is 5.69 Å². The van der Waals surface area contributed by atoms with Gasteiger partial charge in [-0.05, 0) is 43.4 Å². The fraction of sp³-hybridized carbons (Fsp3) is 0.381. The van der Waals surface area contributed by atoms with E-state index in [1.54, 1.807) is 12.1 Å².